The Bertz CT molecular complexity index is 1460. The number of urea groups is 1. The van der Waals surface area contributed by atoms with Gasteiger partial charge in [-0.2, -0.15) is 4.72 Å². The minimum Gasteiger partial charge on any atom is -0.341 e. The van der Waals surface area contributed by atoms with Gasteiger partial charge in [-0.3, -0.25) is 14.5 Å². The summed E-state index contributed by atoms with van der Waals surface area (Å²) in [4.78, 5) is 46.2. The molecule has 13 heteroatoms. The van der Waals surface area contributed by atoms with Gasteiger partial charge in [0.05, 0.1) is 11.4 Å². The molecule has 5 rings (SSSR count). The molecule has 0 saturated carbocycles. The third-order valence-corrected chi connectivity index (χ3v) is 10.4. The Kier molecular flexibility index (Phi) is 9.26. The molecule has 3 fully saturated rings. The zero-order chi connectivity index (χ0) is 30.0. The van der Waals surface area contributed by atoms with Crippen molar-refractivity contribution in [2.75, 3.05) is 53.4 Å². The number of likely N-dealkylation sites (N-methyl/N-ethyl adjacent to an activating group) is 1. The molecule has 3 saturated heterocycles. The number of nitrogens with zero attached hydrogens (tertiary/aromatic N) is 4. The van der Waals surface area contributed by atoms with Crippen molar-refractivity contribution in [2.24, 2.45) is 0 Å². The molecule has 4 amide bonds. The van der Waals surface area contributed by atoms with E-state index in [0.29, 0.717) is 36.3 Å². The van der Waals surface area contributed by atoms with Crippen molar-refractivity contribution in [3.8, 4) is 0 Å². The van der Waals surface area contributed by atoms with Crippen molar-refractivity contribution in [3.05, 3.63) is 41.4 Å². The molecule has 0 bridgehead atoms. The summed E-state index contributed by atoms with van der Waals surface area (Å²) in [6.45, 7) is 3.35. The number of benzene rings is 2. The van der Waals surface area contributed by atoms with Crippen LogP contribution in [0.25, 0.3) is 10.8 Å². The lowest BCUT2D eigenvalue weighted by Gasteiger charge is -2.35. The van der Waals surface area contributed by atoms with Crippen LogP contribution in [0.1, 0.15) is 32.1 Å². The maximum Gasteiger partial charge on any atom is 0.317 e. The lowest BCUT2D eigenvalue weighted by molar-refractivity contribution is -0.143. The fourth-order valence-electron chi connectivity index (χ4n) is 6.37. The van der Waals surface area contributed by atoms with Crippen molar-refractivity contribution in [2.45, 2.75) is 55.1 Å². The summed E-state index contributed by atoms with van der Waals surface area (Å²) < 4.78 is 29.0. The van der Waals surface area contributed by atoms with E-state index in [-0.39, 0.29) is 41.4 Å². The van der Waals surface area contributed by atoms with Gasteiger partial charge in [0, 0.05) is 63.9 Å². The number of rotatable bonds is 8. The molecule has 228 valence electrons. The zero-order valence-corrected chi connectivity index (χ0v) is 25.7. The molecule has 0 aliphatic carbocycles. The van der Waals surface area contributed by atoms with E-state index >= 15 is 0 Å². The molecule has 0 spiro atoms. The molecule has 0 radical (unpaired) electrons. The lowest BCUT2D eigenvalue weighted by Crippen LogP contribution is -2.55. The number of carbonyl (C=O) groups excluding carboxylic acids is 3. The number of piperidine rings is 1. The molecule has 3 aliphatic rings. The van der Waals surface area contributed by atoms with Gasteiger partial charge in [0.25, 0.3) is 0 Å². The van der Waals surface area contributed by atoms with Crippen LogP contribution >= 0.6 is 11.6 Å². The first-order chi connectivity index (χ1) is 20.1. The Hall–Kier alpha value is -2.93. The Morgan fingerprint density at radius 1 is 1.02 bits per heavy atom. The van der Waals surface area contributed by atoms with Crippen LogP contribution in [0.3, 0.4) is 0 Å². The molecule has 3 unspecified atom stereocenters. The highest BCUT2D eigenvalue weighted by Gasteiger charge is 2.37. The first-order valence-electron chi connectivity index (χ1n) is 14.5. The predicted molar refractivity (Wildman–Crippen MR) is 161 cm³/mol. The maximum absolute atomic E-state index is 13.4. The highest BCUT2D eigenvalue weighted by atomic mass is 35.5. The number of carbonyl (C=O) groups is 3. The lowest BCUT2D eigenvalue weighted by atomic mass is 10.1. The van der Waals surface area contributed by atoms with Gasteiger partial charge in [0.1, 0.15) is 6.04 Å². The van der Waals surface area contributed by atoms with Crippen molar-refractivity contribution >= 4 is 50.2 Å². The Labute approximate surface area is 252 Å². The SMILES string of the molecule is CNC(=O)N(C)C1CCN(CC2CCCN2C(=O)CN2CCCC(NS(=O)(=O)c3ccc4ccc(Cl)cc4c3)C2=O)C1. The highest BCUT2D eigenvalue weighted by Crippen LogP contribution is 2.25. The van der Waals surface area contributed by atoms with E-state index in [4.69, 9.17) is 11.6 Å². The fourth-order valence-corrected chi connectivity index (χ4v) is 7.81. The Balaban J connectivity index is 1.18. The van der Waals surface area contributed by atoms with Crippen molar-refractivity contribution in [3.63, 3.8) is 0 Å². The molecule has 3 heterocycles. The monoisotopic (exact) mass is 618 g/mol. The second kappa shape index (κ2) is 12.7. The third kappa shape index (κ3) is 6.66. The summed E-state index contributed by atoms with van der Waals surface area (Å²) in [5.41, 5.74) is 0. The van der Waals surface area contributed by atoms with Crippen LogP contribution in [0.4, 0.5) is 4.79 Å². The predicted octanol–water partition coefficient (Wildman–Crippen LogP) is 2.10. The van der Waals surface area contributed by atoms with Gasteiger partial charge < -0.3 is 20.0 Å². The molecule has 2 aromatic carbocycles. The van der Waals surface area contributed by atoms with Crippen molar-refractivity contribution in [1.29, 1.82) is 0 Å². The zero-order valence-electron chi connectivity index (χ0n) is 24.1. The third-order valence-electron chi connectivity index (χ3n) is 8.73. The van der Waals surface area contributed by atoms with Crippen molar-refractivity contribution in [1.82, 2.24) is 29.6 Å². The molecule has 3 atom stereocenters. The van der Waals surface area contributed by atoms with Crippen LogP contribution in [0.15, 0.2) is 41.3 Å². The fraction of sp³-hybridized carbons (Fsp3) is 0.552. The molecule has 0 aromatic heterocycles. The van der Waals surface area contributed by atoms with Crippen LogP contribution < -0.4 is 10.0 Å². The van der Waals surface area contributed by atoms with Crippen LogP contribution in [-0.2, 0) is 19.6 Å². The summed E-state index contributed by atoms with van der Waals surface area (Å²) in [6, 6.07) is 9.19. The summed E-state index contributed by atoms with van der Waals surface area (Å²) in [5, 5.41) is 4.72. The minimum atomic E-state index is -3.97. The normalized spacial score (nSPS) is 23.5. The second-order valence-corrected chi connectivity index (χ2v) is 13.6. The van der Waals surface area contributed by atoms with E-state index in [9.17, 15) is 22.8 Å². The number of likely N-dealkylation sites (tertiary alicyclic amines) is 3. The van der Waals surface area contributed by atoms with Gasteiger partial charge in [-0.05, 0) is 67.1 Å². The molecule has 2 aromatic rings. The quantitative estimate of drug-likeness (QED) is 0.467. The molecule has 11 nitrogen and oxygen atoms in total. The largest absolute Gasteiger partial charge is 0.341 e. The number of fused-ring (bicyclic) bond motifs is 1. The van der Waals surface area contributed by atoms with Crippen molar-refractivity contribution < 1.29 is 22.8 Å². The smallest absolute Gasteiger partial charge is 0.317 e. The van der Waals surface area contributed by atoms with E-state index < -0.39 is 16.1 Å². The topological polar surface area (TPSA) is 122 Å². The van der Waals surface area contributed by atoms with E-state index in [1.54, 1.807) is 43.3 Å². The minimum absolute atomic E-state index is 0.0529. The second-order valence-electron chi connectivity index (χ2n) is 11.5. The van der Waals surface area contributed by atoms with Gasteiger partial charge in [0.15, 0.2) is 0 Å². The number of amides is 4. The van der Waals surface area contributed by atoms with E-state index in [1.165, 1.54) is 11.0 Å². The van der Waals surface area contributed by atoms with Crippen LogP contribution in [-0.4, -0.2) is 117 Å². The van der Waals surface area contributed by atoms with Gasteiger partial charge in [-0.1, -0.05) is 23.7 Å². The number of hydrogen-bond donors (Lipinski definition) is 2. The standard InChI is InChI=1S/C29H39ClN6O5S/c1-31-29(39)33(2)23-11-14-34(17-23)18-24-5-3-13-36(24)27(37)19-35-12-4-6-26(28(35)38)32-42(40,41)25-10-8-20-7-9-22(30)15-21(20)16-25/h7-10,15-16,23-24,26,32H,3-6,11-14,17-19H2,1-2H3,(H,31,39). The van der Waals surface area contributed by atoms with Crippen LogP contribution in [0, 0.1) is 0 Å². The Morgan fingerprint density at radius 2 is 1.79 bits per heavy atom. The maximum atomic E-state index is 13.4. The van der Waals surface area contributed by atoms with Gasteiger partial charge in [0.2, 0.25) is 21.8 Å². The molecule has 42 heavy (non-hydrogen) atoms. The van der Waals surface area contributed by atoms with Gasteiger partial charge in [-0.25, -0.2) is 13.2 Å². The Morgan fingerprint density at radius 3 is 2.57 bits per heavy atom. The average Bonchev–Trinajstić information content (AvgIpc) is 3.64. The number of nitrogens with one attached hydrogen (secondary N) is 2. The first kappa shape index (κ1) is 30.5. The molecular formula is C29H39ClN6O5S. The number of sulfonamides is 1. The molecule has 3 aliphatic heterocycles. The summed E-state index contributed by atoms with van der Waals surface area (Å²) in [5.74, 6) is -0.489. The van der Waals surface area contributed by atoms with E-state index in [0.717, 1.165) is 44.3 Å². The number of halogens is 1. The molecule has 2 N–H and O–H groups in total. The van der Waals surface area contributed by atoms with Crippen LogP contribution in [0.2, 0.25) is 5.02 Å². The van der Waals surface area contributed by atoms with Gasteiger partial charge >= 0.3 is 6.03 Å². The van der Waals surface area contributed by atoms with Gasteiger partial charge in [-0.15, -0.1) is 0 Å². The first-order valence-corrected chi connectivity index (χ1v) is 16.4. The van der Waals surface area contributed by atoms with Crippen LogP contribution in [0.5, 0.6) is 0 Å². The summed E-state index contributed by atoms with van der Waals surface area (Å²) >= 11 is 6.08. The molecular weight excluding hydrogens is 580 g/mol. The highest BCUT2D eigenvalue weighted by molar-refractivity contribution is 7.89. The van der Waals surface area contributed by atoms with E-state index in [2.05, 4.69) is 14.9 Å². The summed E-state index contributed by atoms with van der Waals surface area (Å²) in [7, 11) is -0.546. The number of hydrogen-bond acceptors (Lipinski definition) is 6. The average molecular weight is 619 g/mol. The van der Waals surface area contributed by atoms with E-state index in [1.807, 2.05) is 11.0 Å². The summed E-state index contributed by atoms with van der Waals surface area (Å²) in [6.07, 6.45) is 3.65.